The average molecular weight is 296 g/mol. The second-order valence-corrected chi connectivity index (χ2v) is 5.61. The van der Waals surface area contributed by atoms with Gasteiger partial charge in [-0.1, -0.05) is 31.4 Å². The first-order chi connectivity index (χ1) is 10.8. The van der Waals surface area contributed by atoms with E-state index in [-0.39, 0.29) is 5.91 Å². The molecule has 2 aromatic rings. The Morgan fingerprint density at radius 3 is 2.73 bits per heavy atom. The van der Waals surface area contributed by atoms with Crippen LogP contribution < -0.4 is 10.1 Å². The summed E-state index contributed by atoms with van der Waals surface area (Å²) in [5.41, 5.74) is 0.624. The second kappa shape index (κ2) is 7.07. The summed E-state index contributed by atoms with van der Waals surface area (Å²) < 4.78 is 5.67. The molecule has 1 N–H and O–H groups in total. The molecular formula is C18H20N2O2. The average Bonchev–Trinajstić information content (AvgIpc) is 2.57. The van der Waals surface area contributed by atoms with Crippen molar-refractivity contribution >= 4 is 5.91 Å². The molecule has 4 nitrogen and oxygen atoms in total. The number of nitrogens with zero attached hydrogens (tertiary/aromatic N) is 1. The lowest BCUT2D eigenvalue weighted by Crippen LogP contribution is -2.36. The van der Waals surface area contributed by atoms with Crippen molar-refractivity contribution in [1.29, 1.82) is 0 Å². The maximum atomic E-state index is 12.3. The van der Waals surface area contributed by atoms with E-state index in [1.807, 2.05) is 30.3 Å². The summed E-state index contributed by atoms with van der Waals surface area (Å²) in [6.45, 7) is 0. The van der Waals surface area contributed by atoms with Gasteiger partial charge in [0.1, 0.15) is 5.75 Å². The third kappa shape index (κ3) is 3.85. The highest BCUT2D eigenvalue weighted by Crippen LogP contribution is 2.21. The largest absolute Gasteiger partial charge is 0.439 e. The van der Waals surface area contributed by atoms with Crippen LogP contribution >= 0.6 is 0 Å². The van der Waals surface area contributed by atoms with E-state index in [0.29, 0.717) is 23.2 Å². The molecule has 0 aliphatic heterocycles. The van der Waals surface area contributed by atoms with E-state index >= 15 is 0 Å². The van der Waals surface area contributed by atoms with Crippen LogP contribution in [0.25, 0.3) is 0 Å². The first kappa shape index (κ1) is 14.6. The molecule has 22 heavy (non-hydrogen) atoms. The molecule has 1 aromatic carbocycles. The van der Waals surface area contributed by atoms with E-state index in [1.54, 1.807) is 18.3 Å². The predicted molar refractivity (Wildman–Crippen MR) is 85.1 cm³/mol. The van der Waals surface area contributed by atoms with E-state index in [9.17, 15) is 4.79 Å². The molecule has 3 rings (SSSR count). The summed E-state index contributed by atoms with van der Waals surface area (Å²) in [5, 5.41) is 3.12. The van der Waals surface area contributed by atoms with Crippen LogP contribution in [0.4, 0.5) is 0 Å². The Balaban J connectivity index is 1.66. The molecule has 0 bridgehead atoms. The van der Waals surface area contributed by atoms with Crippen LogP contribution in [0.5, 0.6) is 11.6 Å². The number of carbonyl (C=O) groups is 1. The van der Waals surface area contributed by atoms with E-state index in [4.69, 9.17) is 4.74 Å². The minimum absolute atomic E-state index is 0.0293. The quantitative estimate of drug-likeness (QED) is 0.929. The lowest BCUT2D eigenvalue weighted by molar-refractivity contribution is 0.0927. The molecule has 1 aliphatic rings. The molecule has 1 heterocycles. The Hall–Kier alpha value is -2.36. The topological polar surface area (TPSA) is 51.2 Å². The number of hydrogen-bond acceptors (Lipinski definition) is 3. The number of rotatable bonds is 4. The molecule has 0 saturated heterocycles. The molecule has 1 fully saturated rings. The minimum Gasteiger partial charge on any atom is -0.439 e. The Bertz CT molecular complexity index is 622. The molecule has 0 spiro atoms. The number of nitrogens with one attached hydrogen (secondary N) is 1. The monoisotopic (exact) mass is 296 g/mol. The van der Waals surface area contributed by atoms with Gasteiger partial charge in [-0.3, -0.25) is 4.79 Å². The van der Waals surface area contributed by atoms with Gasteiger partial charge in [-0.25, -0.2) is 4.98 Å². The molecule has 1 aromatic heterocycles. The Morgan fingerprint density at radius 2 is 1.95 bits per heavy atom. The summed E-state index contributed by atoms with van der Waals surface area (Å²) >= 11 is 0. The van der Waals surface area contributed by atoms with Gasteiger partial charge in [0.05, 0.1) is 0 Å². The van der Waals surface area contributed by atoms with Crippen molar-refractivity contribution in [1.82, 2.24) is 10.3 Å². The zero-order chi connectivity index (χ0) is 15.2. The van der Waals surface area contributed by atoms with Crippen LogP contribution in [-0.4, -0.2) is 16.9 Å². The molecule has 4 heteroatoms. The van der Waals surface area contributed by atoms with Crippen LogP contribution in [0.15, 0.2) is 48.7 Å². The van der Waals surface area contributed by atoms with Gasteiger partial charge in [-0.05, 0) is 37.1 Å². The van der Waals surface area contributed by atoms with Crippen LogP contribution in [0.2, 0.25) is 0 Å². The SMILES string of the molecule is O=C(NC1CCCCC1)c1cccc(Oc2ccccn2)c1. The summed E-state index contributed by atoms with van der Waals surface area (Å²) in [7, 11) is 0. The molecule has 0 unspecified atom stereocenters. The highest BCUT2D eigenvalue weighted by atomic mass is 16.5. The lowest BCUT2D eigenvalue weighted by Gasteiger charge is -2.22. The fourth-order valence-corrected chi connectivity index (χ4v) is 2.74. The second-order valence-electron chi connectivity index (χ2n) is 5.61. The third-order valence-electron chi connectivity index (χ3n) is 3.90. The maximum absolute atomic E-state index is 12.3. The lowest BCUT2D eigenvalue weighted by atomic mass is 9.95. The van der Waals surface area contributed by atoms with Crippen molar-refractivity contribution in [3.63, 3.8) is 0 Å². The van der Waals surface area contributed by atoms with Crippen molar-refractivity contribution < 1.29 is 9.53 Å². The summed E-state index contributed by atoms with van der Waals surface area (Å²) in [4.78, 5) is 16.5. The van der Waals surface area contributed by atoms with E-state index in [0.717, 1.165) is 12.8 Å². The van der Waals surface area contributed by atoms with E-state index in [2.05, 4.69) is 10.3 Å². The standard InChI is InChI=1S/C18H20N2O2/c21-18(20-15-8-2-1-3-9-15)14-7-6-10-16(13-14)22-17-11-4-5-12-19-17/h4-7,10-13,15H,1-3,8-9H2,(H,20,21). The molecule has 1 amide bonds. The number of aromatic nitrogens is 1. The van der Waals surface area contributed by atoms with Crippen LogP contribution in [0.1, 0.15) is 42.5 Å². The van der Waals surface area contributed by atoms with Crippen LogP contribution in [0.3, 0.4) is 0 Å². The number of carbonyl (C=O) groups excluding carboxylic acids is 1. The molecule has 1 aliphatic carbocycles. The summed E-state index contributed by atoms with van der Waals surface area (Å²) in [6, 6.07) is 13.0. The van der Waals surface area contributed by atoms with E-state index < -0.39 is 0 Å². The number of benzene rings is 1. The van der Waals surface area contributed by atoms with Crippen LogP contribution in [-0.2, 0) is 0 Å². The highest BCUT2D eigenvalue weighted by molar-refractivity contribution is 5.94. The predicted octanol–water partition coefficient (Wildman–Crippen LogP) is 3.94. The number of pyridine rings is 1. The van der Waals surface area contributed by atoms with Gasteiger partial charge in [0.15, 0.2) is 0 Å². The van der Waals surface area contributed by atoms with Gasteiger partial charge in [0, 0.05) is 23.9 Å². The van der Waals surface area contributed by atoms with Crippen LogP contribution in [0, 0.1) is 0 Å². The minimum atomic E-state index is -0.0293. The smallest absolute Gasteiger partial charge is 0.251 e. The molecule has 114 valence electrons. The Labute approximate surface area is 130 Å². The van der Waals surface area contributed by atoms with Gasteiger partial charge in [0.25, 0.3) is 5.91 Å². The molecular weight excluding hydrogens is 276 g/mol. The molecule has 0 radical (unpaired) electrons. The zero-order valence-electron chi connectivity index (χ0n) is 12.5. The first-order valence-electron chi connectivity index (χ1n) is 7.81. The fourth-order valence-electron chi connectivity index (χ4n) is 2.74. The van der Waals surface area contributed by atoms with E-state index in [1.165, 1.54) is 19.3 Å². The Kier molecular flexibility index (Phi) is 4.68. The van der Waals surface area contributed by atoms with Crippen molar-refractivity contribution in [2.45, 2.75) is 38.1 Å². The van der Waals surface area contributed by atoms with Gasteiger partial charge in [0.2, 0.25) is 5.88 Å². The van der Waals surface area contributed by atoms with Crippen molar-refractivity contribution in [3.8, 4) is 11.6 Å². The molecule has 0 atom stereocenters. The Morgan fingerprint density at radius 1 is 1.09 bits per heavy atom. The van der Waals surface area contributed by atoms with Gasteiger partial charge in [-0.15, -0.1) is 0 Å². The molecule has 1 saturated carbocycles. The number of amides is 1. The third-order valence-corrected chi connectivity index (χ3v) is 3.90. The highest BCUT2D eigenvalue weighted by Gasteiger charge is 2.16. The summed E-state index contributed by atoms with van der Waals surface area (Å²) in [6.07, 6.45) is 7.52. The van der Waals surface area contributed by atoms with Gasteiger partial charge >= 0.3 is 0 Å². The first-order valence-corrected chi connectivity index (χ1v) is 7.81. The van der Waals surface area contributed by atoms with Crippen molar-refractivity contribution in [2.75, 3.05) is 0 Å². The normalized spacial score (nSPS) is 15.3. The van der Waals surface area contributed by atoms with Crippen molar-refractivity contribution in [3.05, 3.63) is 54.2 Å². The number of ether oxygens (including phenoxy) is 1. The number of hydrogen-bond donors (Lipinski definition) is 1. The fraction of sp³-hybridized carbons (Fsp3) is 0.333. The summed E-state index contributed by atoms with van der Waals surface area (Å²) in [5.74, 6) is 1.11. The van der Waals surface area contributed by atoms with Gasteiger partial charge in [-0.2, -0.15) is 0 Å². The van der Waals surface area contributed by atoms with Crippen molar-refractivity contribution in [2.24, 2.45) is 0 Å². The van der Waals surface area contributed by atoms with Gasteiger partial charge < -0.3 is 10.1 Å². The zero-order valence-corrected chi connectivity index (χ0v) is 12.5. The maximum Gasteiger partial charge on any atom is 0.251 e.